The van der Waals surface area contributed by atoms with Gasteiger partial charge < -0.3 is 9.73 Å². The van der Waals surface area contributed by atoms with Crippen LogP contribution in [0.2, 0.25) is 0 Å². The van der Waals surface area contributed by atoms with Gasteiger partial charge in [0.1, 0.15) is 6.33 Å². The molecule has 3 aromatic heterocycles. The summed E-state index contributed by atoms with van der Waals surface area (Å²) in [5.74, 6) is 0.534. The van der Waals surface area contributed by atoms with Gasteiger partial charge >= 0.3 is 0 Å². The second-order valence-corrected chi connectivity index (χ2v) is 5.37. The summed E-state index contributed by atoms with van der Waals surface area (Å²) in [6.45, 7) is 1.99. The lowest BCUT2D eigenvalue weighted by Gasteiger charge is -2.07. The van der Waals surface area contributed by atoms with Crippen molar-refractivity contribution in [2.45, 2.75) is 6.92 Å². The molecule has 0 spiro atoms. The lowest BCUT2D eigenvalue weighted by molar-refractivity contribution is 0.568. The Bertz CT molecular complexity index is 945. The number of pyridine rings is 1. The molecule has 1 N–H and O–H groups in total. The van der Waals surface area contributed by atoms with Gasteiger partial charge in [0.05, 0.1) is 23.9 Å². The van der Waals surface area contributed by atoms with Gasteiger partial charge in [-0.15, -0.1) is 5.10 Å². The van der Waals surface area contributed by atoms with Crippen molar-refractivity contribution >= 4 is 11.6 Å². The van der Waals surface area contributed by atoms with E-state index >= 15 is 0 Å². The molecule has 0 aliphatic carbocycles. The second kappa shape index (κ2) is 6.00. The number of furan rings is 1. The number of anilines is 2. The molecule has 0 amide bonds. The van der Waals surface area contributed by atoms with Crippen LogP contribution in [0.4, 0.5) is 11.6 Å². The van der Waals surface area contributed by atoms with Gasteiger partial charge in [-0.1, -0.05) is 18.2 Å². The van der Waals surface area contributed by atoms with E-state index in [1.54, 1.807) is 23.5 Å². The maximum absolute atomic E-state index is 5.12. The van der Waals surface area contributed by atoms with Crippen LogP contribution in [0.3, 0.4) is 0 Å². The molecule has 0 radical (unpaired) electrons. The molecule has 3 heterocycles. The smallest absolute Gasteiger partial charge is 0.246 e. The molecule has 0 bridgehead atoms. The summed E-state index contributed by atoms with van der Waals surface area (Å²) in [4.78, 5) is 8.75. The number of nitrogens with zero attached hydrogens (tertiary/aromatic N) is 4. The van der Waals surface area contributed by atoms with Crippen molar-refractivity contribution in [3.63, 3.8) is 0 Å². The Morgan fingerprint density at radius 2 is 1.96 bits per heavy atom. The van der Waals surface area contributed by atoms with E-state index in [4.69, 9.17) is 4.42 Å². The maximum Gasteiger partial charge on any atom is 0.246 e. The zero-order chi connectivity index (χ0) is 16.4. The molecule has 4 rings (SSSR count). The normalized spacial score (nSPS) is 10.7. The van der Waals surface area contributed by atoms with Crippen LogP contribution in [0.1, 0.15) is 5.56 Å². The highest BCUT2D eigenvalue weighted by atomic mass is 16.3. The van der Waals surface area contributed by atoms with Crippen LogP contribution in [0, 0.1) is 6.92 Å². The largest absolute Gasteiger partial charge is 0.472 e. The molecule has 0 fully saturated rings. The first kappa shape index (κ1) is 14.2. The minimum atomic E-state index is 0.534. The number of hydrogen-bond donors (Lipinski definition) is 1. The Kier molecular flexibility index (Phi) is 3.55. The van der Waals surface area contributed by atoms with Crippen LogP contribution in [0.5, 0.6) is 0 Å². The molecule has 0 unspecified atom stereocenters. The van der Waals surface area contributed by atoms with Crippen molar-refractivity contribution in [3.8, 4) is 16.9 Å². The molecule has 0 saturated heterocycles. The van der Waals surface area contributed by atoms with Crippen LogP contribution in [0.15, 0.2) is 71.9 Å². The van der Waals surface area contributed by atoms with E-state index in [2.05, 4.69) is 20.4 Å². The van der Waals surface area contributed by atoms with Gasteiger partial charge in [0.15, 0.2) is 0 Å². The quantitative estimate of drug-likeness (QED) is 0.616. The summed E-state index contributed by atoms with van der Waals surface area (Å²) in [6, 6.07) is 13.7. The zero-order valence-electron chi connectivity index (χ0n) is 13.0. The first-order valence-corrected chi connectivity index (χ1v) is 7.53. The number of nitrogens with one attached hydrogen (secondary N) is 1. The summed E-state index contributed by atoms with van der Waals surface area (Å²) in [7, 11) is 0. The molecular formula is C18H15N5O. The minimum absolute atomic E-state index is 0.534. The van der Waals surface area contributed by atoms with E-state index in [1.165, 1.54) is 0 Å². The number of aromatic nitrogens is 4. The SMILES string of the molecule is Cc1cnc(-c2ccoc2)cc1Nc1ncn(-c2ccccc2)n1. The topological polar surface area (TPSA) is 68.8 Å². The predicted molar refractivity (Wildman–Crippen MR) is 91.3 cm³/mol. The molecular weight excluding hydrogens is 302 g/mol. The van der Waals surface area contributed by atoms with Gasteiger partial charge in [-0.05, 0) is 36.8 Å². The van der Waals surface area contributed by atoms with E-state index in [-0.39, 0.29) is 0 Å². The van der Waals surface area contributed by atoms with Crippen molar-refractivity contribution in [1.29, 1.82) is 0 Å². The third kappa shape index (κ3) is 2.77. The van der Waals surface area contributed by atoms with E-state index in [1.807, 2.05) is 55.6 Å². The fraction of sp³-hybridized carbons (Fsp3) is 0.0556. The number of hydrogen-bond acceptors (Lipinski definition) is 5. The van der Waals surface area contributed by atoms with Crippen LogP contribution >= 0.6 is 0 Å². The van der Waals surface area contributed by atoms with Crippen LogP contribution in [0.25, 0.3) is 16.9 Å². The van der Waals surface area contributed by atoms with Crippen molar-refractivity contribution in [2.75, 3.05) is 5.32 Å². The molecule has 6 heteroatoms. The molecule has 4 aromatic rings. The van der Waals surface area contributed by atoms with E-state index in [0.717, 1.165) is 28.2 Å². The molecule has 0 saturated carbocycles. The lowest BCUT2D eigenvalue weighted by atomic mass is 10.1. The van der Waals surface area contributed by atoms with Crippen molar-refractivity contribution in [3.05, 3.63) is 73.1 Å². The van der Waals surface area contributed by atoms with E-state index in [9.17, 15) is 0 Å². The Morgan fingerprint density at radius 3 is 2.75 bits per heavy atom. The van der Waals surface area contributed by atoms with Gasteiger partial charge in [-0.25, -0.2) is 4.68 Å². The molecule has 24 heavy (non-hydrogen) atoms. The van der Waals surface area contributed by atoms with Gasteiger partial charge in [0.25, 0.3) is 0 Å². The van der Waals surface area contributed by atoms with Crippen LogP contribution < -0.4 is 5.32 Å². The Morgan fingerprint density at radius 1 is 1.08 bits per heavy atom. The zero-order valence-corrected chi connectivity index (χ0v) is 13.0. The number of benzene rings is 1. The van der Waals surface area contributed by atoms with Gasteiger partial charge in [-0.2, -0.15) is 4.98 Å². The summed E-state index contributed by atoms with van der Waals surface area (Å²) in [5, 5.41) is 7.72. The highest BCUT2D eigenvalue weighted by molar-refractivity contribution is 5.67. The average molecular weight is 317 g/mol. The summed E-state index contributed by atoms with van der Waals surface area (Å²) < 4.78 is 6.85. The molecule has 1 aromatic carbocycles. The van der Waals surface area contributed by atoms with Crippen molar-refractivity contribution in [2.24, 2.45) is 0 Å². The first-order valence-electron chi connectivity index (χ1n) is 7.53. The van der Waals surface area contributed by atoms with Crippen LogP contribution in [-0.2, 0) is 0 Å². The summed E-state index contributed by atoms with van der Waals surface area (Å²) in [5.41, 5.74) is 4.65. The fourth-order valence-corrected chi connectivity index (χ4v) is 2.37. The fourth-order valence-electron chi connectivity index (χ4n) is 2.37. The number of aryl methyl sites for hydroxylation is 1. The molecule has 0 atom stereocenters. The monoisotopic (exact) mass is 317 g/mol. The maximum atomic E-state index is 5.12. The van der Waals surface area contributed by atoms with Gasteiger partial charge in [0.2, 0.25) is 5.95 Å². The average Bonchev–Trinajstić information content (AvgIpc) is 3.29. The van der Waals surface area contributed by atoms with Crippen LogP contribution in [-0.4, -0.2) is 19.7 Å². The minimum Gasteiger partial charge on any atom is -0.472 e. The standard InChI is InChI=1S/C18H15N5O/c1-13-10-19-17(14-7-8-24-11-14)9-16(13)21-18-20-12-23(22-18)15-5-3-2-4-6-15/h2-12H,1H3,(H,19,21,22). The third-order valence-corrected chi connectivity index (χ3v) is 3.68. The van der Waals surface area contributed by atoms with E-state index < -0.39 is 0 Å². The molecule has 118 valence electrons. The predicted octanol–water partition coefficient (Wildman–Crippen LogP) is 3.97. The Hall–Kier alpha value is -3.41. The molecule has 0 aliphatic heterocycles. The van der Waals surface area contributed by atoms with Crippen molar-refractivity contribution < 1.29 is 4.42 Å². The van der Waals surface area contributed by atoms with E-state index in [0.29, 0.717) is 5.95 Å². The number of para-hydroxylation sites is 1. The van der Waals surface area contributed by atoms with Gasteiger partial charge in [0, 0.05) is 17.4 Å². The number of rotatable bonds is 4. The Balaban J connectivity index is 1.62. The summed E-state index contributed by atoms with van der Waals surface area (Å²) in [6.07, 6.45) is 6.81. The Labute approximate surface area is 138 Å². The second-order valence-electron chi connectivity index (χ2n) is 5.37. The molecule has 0 aliphatic rings. The third-order valence-electron chi connectivity index (χ3n) is 3.68. The highest BCUT2D eigenvalue weighted by Gasteiger charge is 2.08. The lowest BCUT2D eigenvalue weighted by Crippen LogP contribution is -1.99. The van der Waals surface area contributed by atoms with Gasteiger partial charge in [-0.3, -0.25) is 4.98 Å². The molecule has 6 nitrogen and oxygen atoms in total. The first-order chi connectivity index (χ1) is 11.8. The summed E-state index contributed by atoms with van der Waals surface area (Å²) >= 11 is 0. The highest BCUT2D eigenvalue weighted by Crippen LogP contribution is 2.25. The van der Waals surface area contributed by atoms with Crippen molar-refractivity contribution in [1.82, 2.24) is 19.7 Å².